The van der Waals surface area contributed by atoms with Gasteiger partial charge >= 0.3 is 0 Å². The van der Waals surface area contributed by atoms with Gasteiger partial charge in [0.1, 0.15) is 0 Å². The molecule has 3 heteroatoms. The fraction of sp³-hybridized carbons (Fsp3) is 1.00. The minimum absolute atomic E-state index is 0.0277. The van der Waals surface area contributed by atoms with Crippen LogP contribution in [-0.2, 0) is 9.47 Å². The molecular formula is C10H21NO2. The lowest BCUT2D eigenvalue weighted by atomic mass is 9.99. The van der Waals surface area contributed by atoms with Crippen LogP contribution in [0.25, 0.3) is 0 Å². The highest BCUT2D eigenvalue weighted by atomic mass is 16.5. The van der Waals surface area contributed by atoms with E-state index in [0.29, 0.717) is 12.5 Å². The van der Waals surface area contributed by atoms with Crippen LogP contribution in [0.15, 0.2) is 0 Å². The number of hydrogen-bond acceptors (Lipinski definition) is 3. The maximum Gasteiger partial charge on any atom is 0.0774 e. The normalized spacial score (nSPS) is 31.2. The van der Waals surface area contributed by atoms with Crippen LogP contribution in [0, 0.1) is 5.92 Å². The van der Waals surface area contributed by atoms with E-state index in [1.807, 2.05) is 13.8 Å². The Morgan fingerprint density at radius 2 is 2.23 bits per heavy atom. The monoisotopic (exact) mass is 187 g/mol. The predicted octanol–water partition coefficient (Wildman–Crippen LogP) is 1.16. The fourth-order valence-electron chi connectivity index (χ4n) is 1.66. The zero-order valence-corrected chi connectivity index (χ0v) is 8.82. The summed E-state index contributed by atoms with van der Waals surface area (Å²) in [6.45, 7) is 7.68. The van der Waals surface area contributed by atoms with Gasteiger partial charge in [-0.25, -0.2) is 0 Å². The quantitative estimate of drug-likeness (QED) is 0.718. The minimum Gasteiger partial charge on any atom is -0.377 e. The standard InChI is InChI=1S/C10H21NO2/c1-7(2)13-6-9(11)10-8(3)4-5-12-10/h7-10H,4-6,11H2,1-3H3. The van der Waals surface area contributed by atoms with Crippen molar-refractivity contribution in [1.82, 2.24) is 0 Å². The van der Waals surface area contributed by atoms with Crippen molar-refractivity contribution in [1.29, 1.82) is 0 Å². The summed E-state index contributed by atoms with van der Waals surface area (Å²) in [5, 5.41) is 0. The van der Waals surface area contributed by atoms with Crippen molar-refractivity contribution >= 4 is 0 Å². The number of nitrogens with two attached hydrogens (primary N) is 1. The van der Waals surface area contributed by atoms with Crippen molar-refractivity contribution in [3.63, 3.8) is 0 Å². The maximum atomic E-state index is 5.97. The van der Waals surface area contributed by atoms with E-state index >= 15 is 0 Å². The molecule has 3 unspecified atom stereocenters. The summed E-state index contributed by atoms with van der Waals surface area (Å²) < 4.78 is 11.0. The molecule has 0 amide bonds. The van der Waals surface area contributed by atoms with Crippen molar-refractivity contribution in [2.75, 3.05) is 13.2 Å². The number of hydrogen-bond donors (Lipinski definition) is 1. The molecule has 13 heavy (non-hydrogen) atoms. The molecule has 0 bridgehead atoms. The third-order valence-electron chi connectivity index (χ3n) is 2.49. The Morgan fingerprint density at radius 1 is 1.54 bits per heavy atom. The molecule has 0 aromatic carbocycles. The summed E-state index contributed by atoms with van der Waals surface area (Å²) >= 11 is 0. The molecule has 2 N–H and O–H groups in total. The first kappa shape index (κ1) is 11.0. The molecule has 1 aliphatic heterocycles. The van der Waals surface area contributed by atoms with Crippen LogP contribution in [0.1, 0.15) is 27.2 Å². The molecular weight excluding hydrogens is 166 g/mol. The number of rotatable bonds is 4. The molecule has 3 nitrogen and oxygen atoms in total. The van der Waals surface area contributed by atoms with Gasteiger partial charge in [-0.2, -0.15) is 0 Å². The van der Waals surface area contributed by atoms with E-state index in [1.54, 1.807) is 0 Å². The molecule has 78 valence electrons. The Hall–Kier alpha value is -0.120. The Kier molecular flexibility index (Phi) is 4.16. The van der Waals surface area contributed by atoms with Gasteiger partial charge in [0, 0.05) is 6.61 Å². The van der Waals surface area contributed by atoms with Crippen molar-refractivity contribution in [3.8, 4) is 0 Å². The average Bonchev–Trinajstić information content (AvgIpc) is 2.47. The molecule has 1 aliphatic rings. The van der Waals surface area contributed by atoms with Gasteiger partial charge in [-0.1, -0.05) is 6.92 Å². The zero-order valence-electron chi connectivity index (χ0n) is 8.82. The first-order valence-corrected chi connectivity index (χ1v) is 5.10. The van der Waals surface area contributed by atoms with Crippen molar-refractivity contribution < 1.29 is 9.47 Å². The van der Waals surface area contributed by atoms with E-state index in [0.717, 1.165) is 13.0 Å². The van der Waals surface area contributed by atoms with E-state index in [4.69, 9.17) is 15.2 Å². The molecule has 0 radical (unpaired) electrons. The lowest BCUT2D eigenvalue weighted by Crippen LogP contribution is -2.41. The van der Waals surface area contributed by atoms with Crippen LogP contribution in [0.5, 0.6) is 0 Å². The van der Waals surface area contributed by atoms with Gasteiger partial charge < -0.3 is 15.2 Å². The van der Waals surface area contributed by atoms with Gasteiger partial charge in [-0.15, -0.1) is 0 Å². The molecule has 3 atom stereocenters. The van der Waals surface area contributed by atoms with Gasteiger partial charge in [0.15, 0.2) is 0 Å². The molecule has 1 heterocycles. The van der Waals surface area contributed by atoms with Crippen LogP contribution in [0.2, 0.25) is 0 Å². The van der Waals surface area contributed by atoms with Crippen LogP contribution < -0.4 is 5.73 Å². The Morgan fingerprint density at radius 3 is 2.69 bits per heavy atom. The molecule has 0 spiro atoms. The fourth-order valence-corrected chi connectivity index (χ4v) is 1.66. The molecule has 0 aromatic heterocycles. The average molecular weight is 187 g/mol. The SMILES string of the molecule is CC(C)OCC(N)C1OCCC1C. The van der Waals surface area contributed by atoms with Gasteiger partial charge in [-0.3, -0.25) is 0 Å². The summed E-state index contributed by atoms with van der Waals surface area (Å²) in [5.74, 6) is 0.575. The van der Waals surface area contributed by atoms with E-state index in [2.05, 4.69) is 6.92 Å². The third-order valence-corrected chi connectivity index (χ3v) is 2.49. The van der Waals surface area contributed by atoms with Gasteiger partial charge in [0.25, 0.3) is 0 Å². The molecule has 0 aromatic rings. The second kappa shape index (κ2) is 4.94. The summed E-state index contributed by atoms with van der Waals surface area (Å²) in [6, 6.07) is 0.0277. The first-order chi connectivity index (χ1) is 6.11. The minimum atomic E-state index is 0.0277. The van der Waals surface area contributed by atoms with E-state index in [1.165, 1.54) is 0 Å². The first-order valence-electron chi connectivity index (χ1n) is 5.10. The van der Waals surface area contributed by atoms with Crippen LogP contribution in [-0.4, -0.2) is 31.5 Å². The number of ether oxygens (including phenoxy) is 2. The maximum absolute atomic E-state index is 5.97. The highest BCUT2D eigenvalue weighted by molar-refractivity contribution is 4.82. The lowest BCUT2D eigenvalue weighted by Gasteiger charge is -2.23. The second-order valence-corrected chi connectivity index (χ2v) is 4.15. The summed E-state index contributed by atoms with van der Waals surface area (Å²) in [7, 11) is 0. The lowest BCUT2D eigenvalue weighted by molar-refractivity contribution is 0.0101. The van der Waals surface area contributed by atoms with Crippen LogP contribution in [0.3, 0.4) is 0 Å². The summed E-state index contributed by atoms with van der Waals surface area (Å²) in [4.78, 5) is 0. The molecule has 1 saturated heterocycles. The van der Waals surface area contributed by atoms with E-state index in [9.17, 15) is 0 Å². The predicted molar refractivity (Wildman–Crippen MR) is 52.6 cm³/mol. The Labute approximate surface area is 80.6 Å². The van der Waals surface area contributed by atoms with Crippen LogP contribution in [0.4, 0.5) is 0 Å². The smallest absolute Gasteiger partial charge is 0.0774 e. The second-order valence-electron chi connectivity index (χ2n) is 4.15. The molecule has 0 aliphatic carbocycles. The van der Waals surface area contributed by atoms with E-state index in [-0.39, 0.29) is 18.2 Å². The topological polar surface area (TPSA) is 44.5 Å². The summed E-state index contributed by atoms with van der Waals surface area (Å²) in [6.07, 6.45) is 1.57. The Balaban J connectivity index is 2.25. The molecule has 1 fully saturated rings. The Bertz CT molecular complexity index is 150. The van der Waals surface area contributed by atoms with Gasteiger partial charge in [0.2, 0.25) is 0 Å². The van der Waals surface area contributed by atoms with Crippen molar-refractivity contribution in [2.45, 2.75) is 45.4 Å². The highest BCUT2D eigenvalue weighted by Crippen LogP contribution is 2.22. The van der Waals surface area contributed by atoms with E-state index < -0.39 is 0 Å². The summed E-state index contributed by atoms with van der Waals surface area (Å²) in [5.41, 5.74) is 5.97. The third kappa shape index (κ3) is 3.25. The largest absolute Gasteiger partial charge is 0.377 e. The van der Waals surface area contributed by atoms with Gasteiger partial charge in [0.05, 0.1) is 24.9 Å². The molecule has 0 saturated carbocycles. The van der Waals surface area contributed by atoms with Crippen LogP contribution >= 0.6 is 0 Å². The van der Waals surface area contributed by atoms with Gasteiger partial charge in [-0.05, 0) is 26.2 Å². The zero-order chi connectivity index (χ0) is 9.84. The van der Waals surface area contributed by atoms with Crippen molar-refractivity contribution in [2.24, 2.45) is 11.7 Å². The highest BCUT2D eigenvalue weighted by Gasteiger charge is 2.29. The molecule has 1 rings (SSSR count). The van der Waals surface area contributed by atoms with Crippen molar-refractivity contribution in [3.05, 3.63) is 0 Å².